The summed E-state index contributed by atoms with van der Waals surface area (Å²) in [6.45, 7) is 6.12. The van der Waals surface area contributed by atoms with E-state index >= 15 is 0 Å². The fourth-order valence-electron chi connectivity index (χ4n) is 4.49. The molecule has 5 rings (SSSR count). The topological polar surface area (TPSA) is 52.7 Å². The molecule has 148 valence electrons. The highest BCUT2D eigenvalue weighted by molar-refractivity contribution is 6.22. The first-order valence-corrected chi connectivity index (χ1v) is 9.89. The molecule has 3 aromatic rings. The number of rotatable bonds is 3. The number of carbonyl (C=O) groups excluding carboxylic acids is 2. The van der Waals surface area contributed by atoms with E-state index in [4.69, 9.17) is 0 Å². The van der Waals surface area contributed by atoms with Crippen LogP contribution < -0.4 is 15.1 Å². The van der Waals surface area contributed by atoms with Crippen LogP contribution in [-0.4, -0.2) is 18.4 Å². The second-order valence-electron chi connectivity index (χ2n) is 7.53. The summed E-state index contributed by atoms with van der Waals surface area (Å²) in [5, 5.41) is 3.45. The van der Waals surface area contributed by atoms with Crippen LogP contribution in [0.5, 0.6) is 0 Å². The first-order chi connectivity index (χ1) is 14.6. The minimum absolute atomic E-state index is 0.199. The molecule has 0 unspecified atom stereocenters. The van der Waals surface area contributed by atoms with Gasteiger partial charge in [0.1, 0.15) is 0 Å². The summed E-state index contributed by atoms with van der Waals surface area (Å²) in [5.41, 5.74) is 2.97. The quantitative estimate of drug-likeness (QED) is 0.667. The number of nitrogens with zero attached hydrogens (tertiary/aromatic N) is 2. The van der Waals surface area contributed by atoms with Crippen LogP contribution in [0.25, 0.3) is 0 Å². The summed E-state index contributed by atoms with van der Waals surface area (Å²) in [4.78, 5) is 31.1. The van der Waals surface area contributed by atoms with Gasteiger partial charge in [-0.05, 0) is 36.8 Å². The van der Waals surface area contributed by atoms with Gasteiger partial charge in [-0.15, -0.1) is 6.58 Å². The van der Waals surface area contributed by atoms with Crippen LogP contribution >= 0.6 is 0 Å². The van der Waals surface area contributed by atoms with Gasteiger partial charge in [0.2, 0.25) is 5.66 Å². The maximum absolute atomic E-state index is 14.0. The number of carbonyl (C=O) groups is 2. The van der Waals surface area contributed by atoms with Crippen LogP contribution in [0.1, 0.15) is 21.5 Å². The van der Waals surface area contributed by atoms with Crippen LogP contribution in [-0.2, 0) is 10.5 Å². The van der Waals surface area contributed by atoms with E-state index in [2.05, 4.69) is 11.9 Å². The van der Waals surface area contributed by atoms with Crippen LogP contribution in [0.2, 0.25) is 0 Å². The number of benzene rings is 3. The molecule has 0 fully saturated rings. The second kappa shape index (κ2) is 6.59. The Hall–Kier alpha value is -3.86. The summed E-state index contributed by atoms with van der Waals surface area (Å²) in [7, 11) is 0. The zero-order chi connectivity index (χ0) is 20.9. The number of nitrogens with one attached hydrogen (secondary N) is 1. The fraction of sp³-hybridized carbons (Fsp3) is 0.120. The van der Waals surface area contributed by atoms with Crippen molar-refractivity contribution in [1.29, 1.82) is 0 Å². The SMILES string of the molecule is C=CCN1C(=O)[C@@]2(Nc3ccccc3C(=O)N2c2ccccc2C)c2ccccc21. The normalized spacial score (nSPS) is 19.5. The largest absolute Gasteiger partial charge is 0.350 e. The van der Waals surface area contributed by atoms with Crippen molar-refractivity contribution in [3.63, 3.8) is 0 Å². The molecule has 0 aromatic heterocycles. The van der Waals surface area contributed by atoms with Gasteiger partial charge in [0.25, 0.3) is 11.8 Å². The molecule has 2 aliphatic heterocycles. The van der Waals surface area contributed by atoms with Crippen molar-refractivity contribution in [2.75, 3.05) is 21.7 Å². The Bertz CT molecular complexity index is 1200. The average molecular weight is 395 g/mol. The standard InChI is InChI=1S/C25H21N3O2/c1-3-16-27-22-15-9-6-12-19(22)25(24(27)30)26-20-13-7-5-11-18(20)23(29)28(25)21-14-8-4-10-17(21)2/h3-15,26H,1,16H2,2H3/t25-/m1/s1. The van der Waals surface area contributed by atoms with Crippen molar-refractivity contribution in [2.45, 2.75) is 12.6 Å². The van der Waals surface area contributed by atoms with Gasteiger partial charge in [-0.1, -0.05) is 54.6 Å². The molecule has 0 aliphatic carbocycles. The molecule has 30 heavy (non-hydrogen) atoms. The summed E-state index contributed by atoms with van der Waals surface area (Å²) < 4.78 is 0. The predicted molar refractivity (Wildman–Crippen MR) is 119 cm³/mol. The Morgan fingerprint density at radius 1 is 0.933 bits per heavy atom. The molecule has 0 saturated heterocycles. The monoisotopic (exact) mass is 395 g/mol. The highest BCUT2D eigenvalue weighted by Crippen LogP contribution is 2.49. The molecule has 2 heterocycles. The van der Waals surface area contributed by atoms with Gasteiger partial charge in [0.15, 0.2) is 0 Å². The number of para-hydroxylation sites is 3. The van der Waals surface area contributed by atoms with Crippen molar-refractivity contribution in [1.82, 2.24) is 0 Å². The van der Waals surface area contributed by atoms with E-state index in [-0.39, 0.29) is 11.8 Å². The van der Waals surface area contributed by atoms with E-state index in [1.54, 1.807) is 21.9 Å². The van der Waals surface area contributed by atoms with E-state index in [1.807, 2.05) is 73.7 Å². The molecule has 1 N–H and O–H groups in total. The molecule has 2 aliphatic rings. The van der Waals surface area contributed by atoms with Gasteiger partial charge in [-0.2, -0.15) is 0 Å². The third-order valence-corrected chi connectivity index (χ3v) is 5.82. The summed E-state index contributed by atoms with van der Waals surface area (Å²) in [5.74, 6) is -0.406. The van der Waals surface area contributed by atoms with Crippen LogP contribution in [0, 0.1) is 6.92 Å². The van der Waals surface area contributed by atoms with Crippen molar-refractivity contribution in [3.05, 3.63) is 102 Å². The lowest BCUT2D eigenvalue weighted by atomic mass is 9.91. The Morgan fingerprint density at radius 2 is 1.60 bits per heavy atom. The number of amides is 2. The van der Waals surface area contributed by atoms with Gasteiger partial charge in [-0.25, -0.2) is 0 Å². The fourth-order valence-corrected chi connectivity index (χ4v) is 4.49. The lowest BCUT2D eigenvalue weighted by molar-refractivity contribution is -0.122. The van der Waals surface area contributed by atoms with Crippen molar-refractivity contribution in [3.8, 4) is 0 Å². The van der Waals surface area contributed by atoms with Gasteiger partial charge in [0, 0.05) is 17.8 Å². The van der Waals surface area contributed by atoms with Crippen LogP contribution in [0.3, 0.4) is 0 Å². The average Bonchev–Trinajstić information content (AvgIpc) is 2.99. The third-order valence-electron chi connectivity index (χ3n) is 5.82. The molecular weight excluding hydrogens is 374 g/mol. The van der Waals surface area contributed by atoms with Crippen molar-refractivity contribution < 1.29 is 9.59 Å². The zero-order valence-electron chi connectivity index (χ0n) is 16.6. The van der Waals surface area contributed by atoms with E-state index in [1.165, 1.54) is 0 Å². The van der Waals surface area contributed by atoms with E-state index in [9.17, 15) is 9.59 Å². The summed E-state index contributed by atoms with van der Waals surface area (Å²) in [6, 6.07) is 22.6. The lowest BCUT2D eigenvalue weighted by Crippen LogP contribution is -2.63. The molecule has 5 nitrogen and oxygen atoms in total. The minimum Gasteiger partial charge on any atom is -0.350 e. The molecule has 2 amide bonds. The molecule has 0 saturated carbocycles. The van der Waals surface area contributed by atoms with Gasteiger partial charge < -0.3 is 10.2 Å². The maximum Gasteiger partial charge on any atom is 0.279 e. The molecule has 0 bridgehead atoms. The molecule has 3 aromatic carbocycles. The zero-order valence-corrected chi connectivity index (χ0v) is 16.6. The van der Waals surface area contributed by atoms with Crippen LogP contribution in [0.4, 0.5) is 17.1 Å². The number of hydrogen-bond acceptors (Lipinski definition) is 3. The second-order valence-corrected chi connectivity index (χ2v) is 7.53. The smallest absolute Gasteiger partial charge is 0.279 e. The third kappa shape index (κ3) is 2.29. The summed E-state index contributed by atoms with van der Waals surface area (Å²) >= 11 is 0. The van der Waals surface area contributed by atoms with E-state index < -0.39 is 5.66 Å². The summed E-state index contributed by atoms with van der Waals surface area (Å²) in [6.07, 6.45) is 1.70. The van der Waals surface area contributed by atoms with Gasteiger partial charge >= 0.3 is 0 Å². The first kappa shape index (κ1) is 18.2. The first-order valence-electron chi connectivity index (χ1n) is 9.89. The lowest BCUT2D eigenvalue weighted by Gasteiger charge is -2.45. The molecule has 1 atom stereocenters. The highest BCUT2D eigenvalue weighted by atomic mass is 16.2. The number of anilines is 3. The van der Waals surface area contributed by atoms with Crippen LogP contribution in [0.15, 0.2) is 85.5 Å². The Morgan fingerprint density at radius 3 is 2.37 bits per heavy atom. The molecular formula is C25H21N3O2. The van der Waals surface area contributed by atoms with E-state index in [0.717, 1.165) is 16.8 Å². The van der Waals surface area contributed by atoms with Gasteiger partial charge in [0.05, 0.1) is 16.9 Å². The Balaban J connectivity index is 1.85. The highest BCUT2D eigenvalue weighted by Gasteiger charge is 2.59. The Labute approximate surface area is 175 Å². The Kier molecular flexibility index (Phi) is 4.00. The predicted octanol–water partition coefficient (Wildman–Crippen LogP) is 4.45. The van der Waals surface area contributed by atoms with Crippen molar-refractivity contribution in [2.24, 2.45) is 0 Å². The molecule has 0 radical (unpaired) electrons. The minimum atomic E-state index is -1.36. The van der Waals surface area contributed by atoms with Gasteiger partial charge in [-0.3, -0.25) is 14.5 Å². The van der Waals surface area contributed by atoms with Crippen molar-refractivity contribution >= 4 is 28.9 Å². The maximum atomic E-state index is 14.0. The molecule has 5 heteroatoms. The van der Waals surface area contributed by atoms with E-state index in [0.29, 0.717) is 23.5 Å². The molecule has 1 spiro atoms. The number of aryl methyl sites for hydroxylation is 1. The number of hydrogen-bond donors (Lipinski definition) is 1. The number of fused-ring (bicyclic) bond motifs is 3.